The third-order valence-electron chi connectivity index (χ3n) is 3.13. The summed E-state index contributed by atoms with van der Waals surface area (Å²) in [7, 11) is 3.00. The first-order valence-corrected chi connectivity index (χ1v) is 7.37. The number of non-ortho nitro benzene ring substituents is 1. The van der Waals surface area contributed by atoms with E-state index in [9.17, 15) is 19.7 Å². The molecule has 126 valence electrons. The number of hydrazine groups is 1. The van der Waals surface area contributed by atoms with E-state index in [1.807, 2.05) is 0 Å². The van der Waals surface area contributed by atoms with E-state index in [1.54, 1.807) is 23.9 Å². The molecule has 0 atom stereocenters. The van der Waals surface area contributed by atoms with Gasteiger partial charge in [0.05, 0.1) is 17.6 Å². The normalized spacial score (nSPS) is 10.1. The highest BCUT2D eigenvalue weighted by Crippen LogP contribution is 2.23. The Morgan fingerprint density at radius 2 is 1.92 bits per heavy atom. The predicted molar refractivity (Wildman–Crippen MR) is 87.7 cm³/mol. The monoisotopic (exact) mass is 396 g/mol. The summed E-state index contributed by atoms with van der Waals surface area (Å²) >= 11 is 3.24. The van der Waals surface area contributed by atoms with E-state index in [0.29, 0.717) is 10.2 Å². The standard InChI is InChI=1S/C14H13BrN4O5/c1-18-7-8(15)5-11(18)14(21)17-16-13(20)10-6-9(19(22)23)3-4-12(10)24-2/h3-7H,1-2H3,(H,16,20)(H,17,21). The number of rotatable bonds is 4. The van der Waals surface area contributed by atoms with Crippen LogP contribution in [0.5, 0.6) is 5.75 Å². The topological polar surface area (TPSA) is 116 Å². The van der Waals surface area contributed by atoms with Crippen LogP contribution < -0.4 is 15.6 Å². The zero-order chi connectivity index (χ0) is 17.9. The molecule has 2 amide bonds. The highest BCUT2D eigenvalue weighted by Gasteiger charge is 2.19. The van der Waals surface area contributed by atoms with Gasteiger partial charge in [0.1, 0.15) is 11.4 Å². The summed E-state index contributed by atoms with van der Waals surface area (Å²) in [6.45, 7) is 0. The number of amides is 2. The minimum absolute atomic E-state index is 0.0694. The fraction of sp³-hybridized carbons (Fsp3) is 0.143. The molecule has 0 fully saturated rings. The molecular formula is C14H13BrN4O5. The second-order valence-corrected chi connectivity index (χ2v) is 5.62. The number of hydrogen-bond donors (Lipinski definition) is 2. The van der Waals surface area contributed by atoms with E-state index in [4.69, 9.17) is 4.74 Å². The van der Waals surface area contributed by atoms with Crippen molar-refractivity contribution in [3.63, 3.8) is 0 Å². The second-order valence-electron chi connectivity index (χ2n) is 4.70. The first kappa shape index (κ1) is 17.5. The number of aryl methyl sites for hydroxylation is 1. The van der Waals surface area contributed by atoms with Crippen molar-refractivity contribution in [2.75, 3.05) is 7.11 Å². The van der Waals surface area contributed by atoms with Gasteiger partial charge >= 0.3 is 0 Å². The van der Waals surface area contributed by atoms with E-state index in [0.717, 1.165) is 6.07 Å². The zero-order valence-electron chi connectivity index (χ0n) is 12.7. The molecule has 24 heavy (non-hydrogen) atoms. The van der Waals surface area contributed by atoms with Crippen molar-refractivity contribution < 1.29 is 19.2 Å². The summed E-state index contributed by atoms with van der Waals surface area (Å²) in [6.07, 6.45) is 1.68. The summed E-state index contributed by atoms with van der Waals surface area (Å²) in [5.41, 5.74) is 4.43. The minimum atomic E-state index is -0.739. The molecule has 0 aliphatic carbocycles. The van der Waals surface area contributed by atoms with Crippen molar-refractivity contribution in [2.45, 2.75) is 0 Å². The lowest BCUT2D eigenvalue weighted by Gasteiger charge is -2.10. The number of nitro groups is 1. The summed E-state index contributed by atoms with van der Waals surface area (Å²) in [4.78, 5) is 34.4. The van der Waals surface area contributed by atoms with Crippen molar-refractivity contribution >= 4 is 33.4 Å². The molecule has 0 unspecified atom stereocenters. The van der Waals surface area contributed by atoms with Crippen LogP contribution in [0.4, 0.5) is 5.69 Å². The van der Waals surface area contributed by atoms with Gasteiger partial charge in [-0.1, -0.05) is 0 Å². The zero-order valence-corrected chi connectivity index (χ0v) is 14.3. The number of carbonyl (C=O) groups is 2. The first-order chi connectivity index (χ1) is 11.3. The summed E-state index contributed by atoms with van der Waals surface area (Å²) in [5, 5.41) is 10.8. The van der Waals surface area contributed by atoms with Crippen molar-refractivity contribution in [1.29, 1.82) is 0 Å². The van der Waals surface area contributed by atoms with Crippen LogP contribution >= 0.6 is 15.9 Å². The molecule has 1 aromatic heterocycles. The van der Waals surface area contributed by atoms with Crippen LogP contribution in [0.15, 0.2) is 34.9 Å². The smallest absolute Gasteiger partial charge is 0.286 e. The maximum absolute atomic E-state index is 12.2. The lowest BCUT2D eigenvalue weighted by molar-refractivity contribution is -0.384. The Morgan fingerprint density at radius 3 is 2.46 bits per heavy atom. The van der Waals surface area contributed by atoms with Crippen molar-refractivity contribution in [2.24, 2.45) is 7.05 Å². The highest BCUT2D eigenvalue weighted by molar-refractivity contribution is 9.10. The van der Waals surface area contributed by atoms with Crippen molar-refractivity contribution in [3.8, 4) is 5.75 Å². The van der Waals surface area contributed by atoms with Crippen LogP contribution in [0, 0.1) is 10.1 Å². The molecule has 1 heterocycles. The molecule has 10 heteroatoms. The van der Waals surface area contributed by atoms with E-state index in [-0.39, 0.29) is 17.0 Å². The van der Waals surface area contributed by atoms with Gasteiger partial charge in [-0.25, -0.2) is 0 Å². The Bertz CT molecular complexity index is 817. The molecule has 1 aromatic carbocycles. The Morgan fingerprint density at radius 1 is 1.25 bits per heavy atom. The molecule has 0 spiro atoms. The first-order valence-electron chi connectivity index (χ1n) is 6.58. The number of nitro benzene ring substituents is 1. The van der Waals surface area contributed by atoms with Crippen LogP contribution in [0.1, 0.15) is 20.8 Å². The minimum Gasteiger partial charge on any atom is -0.496 e. The number of carbonyl (C=O) groups excluding carboxylic acids is 2. The van der Waals surface area contributed by atoms with E-state index in [2.05, 4.69) is 26.8 Å². The molecule has 0 saturated carbocycles. The average Bonchev–Trinajstić information content (AvgIpc) is 2.90. The highest BCUT2D eigenvalue weighted by atomic mass is 79.9. The van der Waals surface area contributed by atoms with Crippen LogP contribution in [0.25, 0.3) is 0 Å². The summed E-state index contributed by atoms with van der Waals surface area (Å²) < 4.78 is 7.29. The number of hydrogen-bond acceptors (Lipinski definition) is 5. The van der Waals surface area contributed by atoms with Crippen LogP contribution in [-0.4, -0.2) is 28.4 Å². The number of aromatic nitrogens is 1. The Kier molecular flexibility index (Phi) is 5.19. The number of nitrogens with one attached hydrogen (secondary N) is 2. The van der Waals surface area contributed by atoms with E-state index < -0.39 is 16.7 Å². The van der Waals surface area contributed by atoms with Crippen LogP contribution in [0.3, 0.4) is 0 Å². The Labute approximate surface area is 144 Å². The molecule has 2 rings (SSSR count). The number of methoxy groups -OCH3 is 1. The Balaban J connectivity index is 2.15. The van der Waals surface area contributed by atoms with Gasteiger partial charge < -0.3 is 9.30 Å². The molecule has 0 aliphatic rings. The maximum Gasteiger partial charge on any atom is 0.286 e. The van der Waals surface area contributed by atoms with Gasteiger partial charge in [0.15, 0.2) is 0 Å². The van der Waals surface area contributed by atoms with Gasteiger partial charge in [0.2, 0.25) is 0 Å². The molecule has 2 aromatic rings. The van der Waals surface area contributed by atoms with E-state index >= 15 is 0 Å². The number of ether oxygens (including phenoxy) is 1. The molecule has 2 N–H and O–H groups in total. The summed E-state index contributed by atoms with van der Waals surface area (Å²) in [5.74, 6) is -1.13. The molecule has 0 saturated heterocycles. The maximum atomic E-state index is 12.2. The third-order valence-corrected chi connectivity index (χ3v) is 3.57. The van der Waals surface area contributed by atoms with Gasteiger partial charge in [-0.3, -0.25) is 30.6 Å². The van der Waals surface area contributed by atoms with Gasteiger partial charge in [-0.05, 0) is 28.1 Å². The van der Waals surface area contributed by atoms with Gasteiger partial charge in [0.25, 0.3) is 17.5 Å². The van der Waals surface area contributed by atoms with Gasteiger partial charge in [0, 0.05) is 29.8 Å². The number of benzene rings is 1. The SMILES string of the molecule is COc1ccc([N+](=O)[O-])cc1C(=O)NNC(=O)c1cc(Br)cn1C. The molecule has 0 bridgehead atoms. The lowest BCUT2D eigenvalue weighted by atomic mass is 10.1. The van der Waals surface area contributed by atoms with Crippen LogP contribution in [-0.2, 0) is 7.05 Å². The molecular weight excluding hydrogens is 384 g/mol. The van der Waals surface area contributed by atoms with Crippen molar-refractivity contribution in [3.05, 3.63) is 56.3 Å². The third kappa shape index (κ3) is 3.71. The second kappa shape index (κ2) is 7.13. The number of nitrogens with zero attached hydrogens (tertiary/aromatic N) is 2. The lowest BCUT2D eigenvalue weighted by Crippen LogP contribution is -2.42. The molecule has 0 aliphatic heterocycles. The van der Waals surface area contributed by atoms with Crippen LogP contribution in [0.2, 0.25) is 0 Å². The Hall–Kier alpha value is -2.88. The largest absolute Gasteiger partial charge is 0.496 e. The fourth-order valence-electron chi connectivity index (χ4n) is 1.98. The number of halogens is 1. The van der Waals surface area contributed by atoms with Crippen molar-refractivity contribution in [1.82, 2.24) is 15.4 Å². The van der Waals surface area contributed by atoms with Gasteiger partial charge in [-0.15, -0.1) is 0 Å². The molecule has 9 nitrogen and oxygen atoms in total. The predicted octanol–water partition coefficient (Wildman–Crippen LogP) is 1.78. The van der Waals surface area contributed by atoms with Gasteiger partial charge in [-0.2, -0.15) is 0 Å². The average molecular weight is 397 g/mol. The summed E-state index contributed by atoms with van der Waals surface area (Å²) in [6, 6.07) is 5.17. The molecule has 0 radical (unpaired) electrons. The van der Waals surface area contributed by atoms with E-state index in [1.165, 1.54) is 19.2 Å². The quantitative estimate of drug-likeness (QED) is 0.603. The fourth-order valence-corrected chi connectivity index (χ4v) is 2.51.